The maximum Gasteiger partial charge on any atom is 0.227 e. The molecule has 1 unspecified atom stereocenters. The molecule has 1 aliphatic rings. The highest BCUT2D eigenvalue weighted by Gasteiger charge is 2.18. The number of nitrogens with one attached hydrogen (secondary N) is 2. The van der Waals surface area contributed by atoms with Gasteiger partial charge in [-0.3, -0.25) is 4.79 Å². The monoisotopic (exact) mass is 307 g/mol. The van der Waals surface area contributed by atoms with E-state index in [-0.39, 0.29) is 5.91 Å². The summed E-state index contributed by atoms with van der Waals surface area (Å²) in [5.41, 5.74) is 0.947. The third kappa shape index (κ3) is 3.26. The van der Waals surface area contributed by atoms with Crippen molar-refractivity contribution in [3.8, 4) is 10.6 Å². The topological polar surface area (TPSA) is 54.0 Å². The molecule has 2 aromatic rings. The van der Waals surface area contributed by atoms with Crippen LogP contribution in [0.3, 0.4) is 0 Å². The van der Waals surface area contributed by atoms with E-state index in [1.165, 1.54) is 16.2 Å². The normalized spacial score (nSPS) is 18.4. The lowest BCUT2D eigenvalue weighted by Gasteiger charge is -2.08. The van der Waals surface area contributed by atoms with Crippen molar-refractivity contribution in [1.29, 1.82) is 0 Å². The number of anilines is 1. The van der Waals surface area contributed by atoms with Gasteiger partial charge in [0.25, 0.3) is 0 Å². The lowest BCUT2D eigenvalue weighted by molar-refractivity contribution is -0.116. The Morgan fingerprint density at radius 3 is 3.15 bits per heavy atom. The Hall–Kier alpha value is -1.24. The van der Waals surface area contributed by atoms with Crippen molar-refractivity contribution in [2.75, 3.05) is 11.9 Å². The highest BCUT2D eigenvalue weighted by molar-refractivity contribution is 7.17. The van der Waals surface area contributed by atoms with Crippen molar-refractivity contribution >= 4 is 33.7 Å². The molecule has 1 saturated heterocycles. The molecule has 1 aliphatic heterocycles. The Morgan fingerprint density at radius 1 is 1.55 bits per heavy atom. The number of nitrogens with zero attached hydrogens (tertiary/aromatic N) is 1. The van der Waals surface area contributed by atoms with Crippen LogP contribution in [-0.2, 0) is 4.79 Å². The van der Waals surface area contributed by atoms with Crippen LogP contribution >= 0.6 is 22.7 Å². The van der Waals surface area contributed by atoms with E-state index >= 15 is 0 Å². The number of carbonyl (C=O) groups is 1. The molecule has 2 N–H and O–H groups in total. The van der Waals surface area contributed by atoms with E-state index in [0.717, 1.165) is 30.0 Å². The molecule has 0 aliphatic carbocycles. The summed E-state index contributed by atoms with van der Waals surface area (Å²) in [6.07, 6.45) is 2.79. The Bertz CT molecular complexity index is 599. The fourth-order valence-electron chi connectivity index (χ4n) is 2.34. The van der Waals surface area contributed by atoms with Gasteiger partial charge in [-0.1, -0.05) is 0 Å². The second-order valence-electron chi connectivity index (χ2n) is 4.99. The molecule has 0 saturated carbocycles. The molecule has 1 amide bonds. The zero-order chi connectivity index (χ0) is 13.9. The molecule has 0 radical (unpaired) electrons. The van der Waals surface area contributed by atoms with Gasteiger partial charge in [0.15, 0.2) is 5.13 Å². The molecular weight excluding hydrogens is 290 g/mol. The number of thiazole rings is 1. The molecule has 0 spiro atoms. The fraction of sp³-hybridized carbons (Fsp3) is 0.429. The van der Waals surface area contributed by atoms with E-state index in [2.05, 4.69) is 34.7 Å². The van der Waals surface area contributed by atoms with Crippen LogP contribution in [-0.4, -0.2) is 23.5 Å². The number of aromatic nitrogens is 1. The van der Waals surface area contributed by atoms with Gasteiger partial charge in [0.2, 0.25) is 5.91 Å². The highest BCUT2D eigenvalue weighted by atomic mass is 32.1. The van der Waals surface area contributed by atoms with Gasteiger partial charge in [-0.15, -0.1) is 22.7 Å². The minimum Gasteiger partial charge on any atom is -0.313 e. The second kappa shape index (κ2) is 6.03. The van der Waals surface area contributed by atoms with Crippen LogP contribution in [0.1, 0.15) is 24.1 Å². The van der Waals surface area contributed by atoms with Gasteiger partial charge in [-0.25, -0.2) is 4.98 Å². The van der Waals surface area contributed by atoms with Gasteiger partial charge in [0.1, 0.15) is 0 Å². The van der Waals surface area contributed by atoms with Gasteiger partial charge >= 0.3 is 0 Å². The molecule has 2 aromatic heterocycles. The quantitative estimate of drug-likeness (QED) is 0.911. The summed E-state index contributed by atoms with van der Waals surface area (Å²) >= 11 is 3.20. The van der Waals surface area contributed by atoms with Crippen molar-refractivity contribution in [3.63, 3.8) is 0 Å². The number of hydrogen-bond donors (Lipinski definition) is 2. The third-order valence-corrected chi connectivity index (χ3v) is 5.12. The summed E-state index contributed by atoms with van der Waals surface area (Å²) in [5.74, 6) is 0.0488. The van der Waals surface area contributed by atoms with Gasteiger partial charge in [-0.05, 0) is 38.4 Å². The highest BCUT2D eigenvalue weighted by Crippen LogP contribution is 2.30. The Morgan fingerprint density at radius 2 is 2.45 bits per heavy atom. The number of hydrogen-bond acceptors (Lipinski definition) is 5. The summed E-state index contributed by atoms with van der Waals surface area (Å²) in [7, 11) is 0. The molecule has 20 heavy (non-hydrogen) atoms. The summed E-state index contributed by atoms with van der Waals surface area (Å²) in [5, 5.41) is 8.91. The minimum atomic E-state index is 0.0488. The number of carbonyl (C=O) groups excluding carboxylic acids is 1. The van der Waals surface area contributed by atoms with Gasteiger partial charge in [0, 0.05) is 22.7 Å². The zero-order valence-corrected chi connectivity index (χ0v) is 12.9. The molecule has 106 valence electrons. The van der Waals surface area contributed by atoms with Crippen molar-refractivity contribution in [1.82, 2.24) is 10.3 Å². The average Bonchev–Trinajstić information content (AvgIpc) is 3.10. The van der Waals surface area contributed by atoms with Crippen LogP contribution in [0.25, 0.3) is 10.6 Å². The number of rotatable bonds is 4. The summed E-state index contributed by atoms with van der Waals surface area (Å²) in [6, 6.07) is 4.49. The lowest BCUT2D eigenvalue weighted by atomic mass is 10.1. The molecule has 6 heteroatoms. The van der Waals surface area contributed by atoms with Gasteiger partial charge in [0.05, 0.1) is 10.6 Å². The van der Waals surface area contributed by atoms with E-state index in [9.17, 15) is 4.79 Å². The molecule has 3 rings (SSSR count). The predicted octanol–water partition coefficient (Wildman–Crippen LogP) is 3.26. The zero-order valence-electron chi connectivity index (χ0n) is 11.3. The largest absolute Gasteiger partial charge is 0.313 e. The smallest absolute Gasteiger partial charge is 0.227 e. The third-order valence-electron chi connectivity index (χ3n) is 3.34. The van der Waals surface area contributed by atoms with E-state index in [0.29, 0.717) is 17.6 Å². The van der Waals surface area contributed by atoms with Crippen LogP contribution in [0.4, 0.5) is 5.13 Å². The predicted molar refractivity (Wildman–Crippen MR) is 84.4 cm³/mol. The summed E-state index contributed by atoms with van der Waals surface area (Å²) in [6.45, 7) is 3.11. The lowest BCUT2D eigenvalue weighted by Crippen LogP contribution is -2.27. The van der Waals surface area contributed by atoms with Crippen molar-refractivity contribution in [3.05, 3.63) is 22.4 Å². The first kappa shape index (κ1) is 13.7. The van der Waals surface area contributed by atoms with E-state index in [1.807, 2.05) is 5.38 Å². The maximum absolute atomic E-state index is 11.9. The van der Waals surface area contributed by atoms with Gasteiger partial charge in [-0.2, -0.15) is 0 Å². The standard InChI is InChI=1S/C14H17N3OS2/c1-9-4-5-12(20-9)11-8-19-14(16-11)17-13(18)7-10-3-2-6-15-10/h4-5,8,10,15H,2-3,6-7H2,1H3,(H,16,17,18). The van der Waals surface area contributed by atoms with Crippen LogP contribution in [0.15, 0.2) is 17.5 Å². The van der Waals surface area contributed by atoms with Crippen molar-refractivity contribution < 1.29 is 4.79 Å². The average molecular weight is 307 g/mol. The van der Waals surface area contributed by atoms with E-state index in [1.54, 1.807) is 11.3 Å². The van der Waals surface area contributed by atoms with Crippen LogP contribution in [0, 0.1) is 6.92 Å². The van der Waals surface area contributed by atoms with E-state index < -0.39 is 0 Å². The first-order valence-electron chi connectivity index (χ1n) is 6.76. The Labute approximate surface area is 126 Å². The van der Waals surface area contributed by atoms with Crippen LogP contribution in [0.2, 0.25) is 0 Å². The summed E-state index contributed by atoms with van der Waals surface area (Å²) in [4.78, 5) is 18.8. The fourth-order valence-corrected chi connectivity index (χ4v) is 3.97. The minimum absolute atomic E-state index is 0.0488. The van der Waals surface area contributed by atoms with Crippen molar-refractivity contribution in [2.45, 2.75) is 32.2 Å². The van der Waals surface area contributed by atoms with Crippen molar-refractivity contribution in [2.24, 2.45) is 0 Å². The maximum atomic E-state index is 11.9. The molecule has 0 aromatic carbocycles. The SMILES string of the molecule is Cc1ccc(-c2csc(NC(=O)CC3CCCN3)n2)s1. The van der Waals surface area contributed by atoms with E-state index in [4.69, 9.17) is 0 Å². The molecular formula is C14H17N3OS2. The number of aryl methyl sites for hydroxylation is 1. The molecule has 0 bridgehead atoms. The summed E-state index contributed by atoms with van der Waals surface area (Å²) < 4.78 is 0. The van der Waals surface area contributed by atoms with Crippen LogP contribution in [0.5, 0.6) is 0 Å². The molecule has 4 nitrogen and oxygen atoms in total. The number of amides is 1. The van der Waals surface area contributed by atoms with Gasteiger partial charge < -0.3 is 10.6 Å². The van der Waals surface area contributed by atoms with Crippen LogP contribution < -0.4 is 10.6 Å². The molecule has 1 fully saturated rings. The molecule has 1 atom stereocenters. The Kier molecular flexibility index (Phi) is 4.14. The second-order valence-corrected chi connectivity index (χ2v) is 7.14. The number of thiophene rings is 1. The first-order chi connectivity index (χ1) is 9.70. The Balaban J connectivity index is 1.60. The molecule has 3 heterocycles. The first-order valence-corrected chi connectivity index (χ1v) is 8.46.